The van der Waals surface area contributed by atoms with Gasteiger partial charge in [-0.05, 0) is 75.2 Å². The zero-order valence-electron chi connectivity index (χ0n) is 21.4. The van der Waals surface area contributed by atoms with Crippen LogP contribution in [0.25, 0.3) is 22.6 Å². The van der Waals surface area contributed by atoms with E-state index in [0.29, 0.717) is 29.1 Å². The number of benzene rings is 3. The second-order valence-electron chi connectivity index (χ2n) is 9.98. The summed E-state index contributed by atoms with van der Waals surface area (Å²) in [5.74, 6) is -0.518. The molecular weight excluding hydrogens is 466 g/mol. The van der Waals surface area contributed by atoms with Crippen LogP contribution in [-0.4, -0.2) is 39.2 Å². The molecule has 1 atom stereocenters. The van der Waals surface area contributed by atoms with Gasteiger partial charge in [-0.1, -0.05) is 37.3 Å². The quantitative estimate of drug-likeness (QED) is 0.317. The van der Waals surface area contributed by atoms with E-state index >= 15 is 0 Å². The smallest absolute Gasteiger partial charge is 0.257 e. The third kappa shape index (κ3) is 4.31. The number of imide groups is 1. The van der Waals surface area contributed by atoms with E-state index in [2.05, 4.69) is 4.98 Å². The molecule has 0 aliphatic carbocycles. The maximum absolute atomic E-state index is 13.8. The first-order chi connectivity index (χ1) is 17.7. The largest absolute Gasteiger partial charge is 0.436 e. The number of carbonyl (C=O) groups is 3. The Morgan fingerprint density at radius 1 is 1.03 bits per heavy atom. The number of carbonyl (C=O) groups excluding carboxylic acids is 3. The Bertz CT molecular complexity index is 1470. The highest BCUT2D eigenvalue weighted by Gasteiger charge is 2.48. The molecule has 7 nitrogen and oxygen atoms in total. The van der Waals surface area contributed by atoms with Gasteiger partial charge in [-0.3, -0.25) is 14.4 Å². The van der Waals surface area contributed by atoms with Gasteiger partial charge in [0.25, 0.3) is 11.8 Å². The first kappa shape index (κ1) is 24.4. The van der Waals surface area contributed by atoms with E-state index in [9.17, 15) is 14.4 Å². The second kappa shape index (κ2) is 9.32. The van der Waals surface area contributed by atoms with Crippen molar-refractivity contribution in [2.24, 2.45) is 0 Å². The number of hydrogen-bond donors (Lipinski definition) is 0. The number of nitrogens with zero attached hydrogens (tertiary/aromatic N) is 3. The molecule has 0 spiro atoms. The number of para-hydroxylation sites is 2. The molecule has 4 aromatic rings. The van der Waals surface area contributed by atoms with Crippen LogP contribution in [0.15, 0.2) is 77.2 Å². The average Bonchev–Trinajstić information content (AvgIpc) is 3.45. The van der Waals surface area contributed by atoms with E-state index in [0.717, 1.165) is 16.6 Å². The van der Waals surface area contributed by atoms with Gasteiger partial charge >= 0.3 is 0 Å². The second-order valence-corrected chi connectivity index (χ2v) is 9.98. The SMILES string of the molecule is CCC(C)(C)N(C(=O)c1ccccc1C)C1CC(=O)N(c2ccc(-c3nc4ccccc4o3)cc2)C1=O. The van der Waals surface area contributed by atoms with Crippen LogP contribution in [0, 0.1) is 6.92 Å². The predicted molar refractivity (Wildman–Crippen MR) is 142 cm³/mol. The average molecular weight is 496 g/mol. The number of fused-ring (bicyclic) bond motifs is 1. The zero-order valence-corrected chi connectivity index (χ0v) is 21.4. The summed E-state index contributed by atoms with van der Waals surface area (Å²) in [5.41, 5.74) is 3.36. The van der Waals surface area contributed by atoms with Crippen LogP contribution in [0.3, 0.4) is 0 Å². The summed E-state index contributed by atoms with van der Waals surface area (Å²) in [7, 11) is 0. The fourth-order valence-corrected chi connectivity index (χ4v) is 4.79. The zero-order chi connectivity index (χ0) is 26.3. The molecule has 0 saturated carbocycles. The predicted octanol–water partition coefficient (Wildman–Crippen LogP) is 5.77. The molecule has 3 aromatic carbocycles. The van der Waals surface area contributed by atoms with E-state index in [1.165, 1.54) is 4.90 Å². The number of aromatic nitrogens is 1. The monoisotopic (exact) mass is 495 g/mol. The van der Waals surface area contributed by atoms with Gasteiger partial charge in [0, 0.05) is 16.7 Å². The van der Waals surface area contributed by atoms with E-state index in [1.54, 1.807) is 35.2 Å². The van der Waals surface area contributed by atoms with Crippen LogP contribution in [0.1, 0.15) is 49.5 Å². The Kier molecular flexibility index (Phi) is 6.15. The van der Waals surface area contributed by atoms with Crippen LogP contribution < -0.4 is 4.90 Å². The van der Waals surface area contributed by atoms with Crippen molar-refractivity contribution in [1.29, 1.82) is 0 Å². The van der Waals surface area contributed by atoms with Gasteiger partial charge in [0.2, 0.25) is 11.8 Å². The number of rotatable bonds is 6. The van der Waals surface area contributed by atoms with Gasteiger partial charge in [0.1, 0.15) is 11.6 Å². The Morgan fingerprint density at radius 3 is 2.38 bits per heavy atom. The van der Waals surface area contributed by atoms with E-state index < -0.39 is 17.5 Å². The molecule has 7 heteroatoms. The topological polar surface area (TPSA) is 83.7 Å². The van der Waals surface area contributed by atoms with Crippen molar-refractivity contribution in [3.8, 4) is 11.5 Å². The Hall–Kier alpha value is -4.26. The minimum absolute atomic E-state index is 0.0627. The summed E-state index contributed by atoms with van der Waals surface area (Å²) < 4.78 is 5.84. The lowest BCUT2D eigenvalue weighted by molar-refractivity contribution is -0.123. The molecule has 0 N–H and O–H groups in total. The number of hydrogen-bond acceptors (Lipinski definition) is 5. The Labute approximate surface area is 215 Å². The highest BCUT2D eigenvalue weighted by Crippen LogP contribution is 2.34. The summed E-state index contributed by atoms with van der Waals surface area (Å²) in [6.07, 6.45) is 0.564. The molecule has 1 fully saturated rings. The van der Waals surface area contributed by atoms with Crippen molar-refractivity contribution in [2.45, 2.75) is 52.1 Å². The number of aryl methyl sites for hydroxylation is 1. The summed E-state index contributed by atoms with van der Waals surface area (Å²) >= 11 is 0. The first-order valence-corrected chi connectivity index (χ1v) is 12.4. The summed E-state index contributed by atoms with van der Waals surface area (Å²) in [5, 5.41) is 0. The molecule has 3 amide bonds. The molecule has 1 aliphatic heterocycles. The molecule has 0 radical (unpaired) electrons. The third-order valence-electron chi connectivity index (χ3n) is 7.21. The maximum atomic E-state index is 13.8. The number of anilines is 1. The van der Waals surface area contributed by atoms with Gasteiger partial charge < -0.3 is 9.32 Å². The summed E-state index contributed by atoms with van der Waals surface area (Å²) in [4.78, 5) is 47.9. The van der Waals surface area contributed by atoms with Gasteiger partial charge in [0.15, 0.2) is 5.58 Å². The summed E-state index contributed by atoms with van der Waals surface area (Å²) in [6.45, 7) is 7.70. The minimum Gasteiger partial charge on any atom is -0.436 e. The molecule has 1 aromatic heterocycles. The van der Waals surface area contributed by atoms with Gasteiger partial charge in [0.05, 0.1) is 12.1 Å². The fraction of sp³-hybridized carbons (Fsp3) is 0.267. The lowest BCUT2D eigenvalue weighted by Crippen LogP contribution is -2.55. The Balaban J connectivity index is 1.45. The van der Waals surface area contributed by atoms with Crippen molar-refractivity contribution in [3.63, 3.8) is 0 Å². The van der Waals surface area contributed by atoms with Gasteiger partial charge in [-0.15, -0.1) is 0 Å². The van der Waals surface area contributed by atoms with Crippen LogP contribution in [0.4, 0.5) is 5.69 Å². The molecule has 1 aliphatic rings. The van der Waals surface area contributed by atoms with Crippen LogP contribution >= 0.6 is 0 Å². The van der Waals surface area contributed by atoms with E-state index in [1.807, 2.05) is 70.2 Å². The maximum Gasteiger partial charge on any atom is 0.257 e. The standard InChI is InChI=1S/C30H29N3O4/c1-5-30(3,4)33(28(35)22-11-7-6-10-19(22)2)24-18-26(34)32(29(24)36)21-16-14-20(15-17-21)27-31-23-12-8-9-13-25(23)37-27/h6-17,24H,5,18H2,1-4H3. The van der Waals surface area contributed by atoms with E-state index in [-0.39, 0.29) is 18.2 Å². The molecule has 5 rings (SSSR count). The Morgan fingerprint density at radius 2 is 1.70 bits per heavy atom. The number of oxazole rings is 1. The lowest BCUT2D eigenvalue weighted by Gasteiger charge is -2.41. The highest BCUT2D eigenvalue weighted by molar-refractivity contribution is 6.23. The molecular formula is C30H29N3O4. The van der Waals surface area contributed by atoms with Crippen LogP contribution in [0.2, 0.25) is 0 Å². The third-order valence-corrected chi connectivity index (χ3v) is 7.21. The molecule has 1 saturated heterocycles. The molecule has 1 unspecified atom stereocenters. The van der Waals surface area contributed by atoms with Gasteiger partial charge in [-0.2, -0.15) is 0 Å². The molecule has 2 heterocycles. The summed E-state index contributed by atoms with van der Waals surface area (Å²) in [6, 6.07) is 20.9. The lowest BCUT2D eigenvalue weighted by atomic mass is 9.94. The molecule has 188 valence electrons. The molecule has 37 heavy (non-hydrogen) atoms. The van der Waals surface area contributed by atoms with Crippen molar-refractivity contribution in [3.05, 3.63) is 83.9 Å². The fourth-order valence-electron chi connectivity index (χ4n) is 4.79. The van der Waals surface area contributed by atoms with Crippen molar-refractivity contribution in [2.75, 3.05) is 4.90 Å². The highest BCUT2D eigenvalue weighted by atomic mass is 16.3. The van der Waals surface area contributed by atoms with E-state index in [4.69, 9.17) is 4.42 Å². The minimum atomic E-state index is -0.883. The number of amides is 3. The van der Waals surface area contributed by atoms with Crippen molar-refractivity contribution >= 4 is 34.5 Å². The normalized spacial score (nSPS) is 16.0. The van der Waals surface area contributed by atoms with Crippen molar-refractivity contribution < 1.29 is 18.8 Å². The van der Waals surface area contributed by atoms with Crippen LogP contribution in [-0.2, 0) is 9.59 Å². The van der Waals surface area contributed by atoms with Crippen molar-refractivity contribution in [1.82, 2.24) is 9.88 Å². The molecule has 0 bridgehead atoms. The van der Waals surface area contributed by atoms with Crippen LogP contribution in [0.5, 0.6) is 0 Å². The van der Waals surface area contributed by atoms with Gasteiger partial charge in [-0.25, -0.2) is 9.88 Å². The first-order valence-electron chi connectivity index (χ1n) is 12.4.